The molecule has 0 radical (unpaired) electrons. The Balaban J connectivity index is 2.14. The number of nitrogens with one attached hydrogen (secondary N) is 2. The zero-order valence-corrected chi connectivity index (χ0v) is 13.6. The molecule has 2 N–H and O–H groups in total. The minimum atomic E-state index is 0.193. The fraction of sp³-hybridized carbons (Fsp3) is 0.647. The summed E-state index contributed by atoms with van der Waals surface area (Å²) in [6.45, 7) is 10.9. The first-order valence-electron chi connectivity index (χ1n) is 7.52. The topological polar surface area (TPSA) is 33.3 Å². The van der Waals surface area contributed by atoms with E-state index in [0.29, 0.717) is 6.04 Å². The van der Waals surface area contributed by atoms with Crippen molar-refractivity contribution < 1.29 is 4.74 Å². The summed E-state index contributed by atoms with van der Waals surface area (Å²) in [5, 5.41) is 7.08. The average molecular weight is 278 g/mol. The van der Waals surface area contributed by atoms with E-state index in [2.05, 4.69) is 50.5 Å². The Kier molecular flexibility index (Phi) is 7.03. The second-order valence-corrected chi connectivity index (χ2v) is 6.44. The predicted molar refractivity (Wildman–Crippen MR) is 86.5 cm³/mol. The molecule has 0 aliphatic rings. The van der Waals surface area contributed by atoms with Gasteiger partial charge < -0.3 is 15.4 Å². The van der Waals surface area contributed by atoms with Gasteiger partial charge in [0.25, 0.3) is 0 Å². The first-order valence-corrected chi connectivity index (χ1v) is 7.52. The van der Waals surface area contributed by atoms with Crippen LogP contribution in [0.15, 0.2) is 24.3 Å². The van der Waals surface area contributed by atoms with Crippen LogP contribution in [-0.2, 0) is 6.42 Å². The van der Waals surface area contributed by atoms with Crippen molar-refractivity contribution in [3.8, 4) is 5.75 Å². The summed E-state index contributed by atoms with van der Waals surface area (Å²) in [6, 6.07) is 8.84. The molecule has 0 saturated heterocycles. The maximum Gasteiger partial charge on any atom is 0.118 e. The van der Waals surface area contributed by atoms with Crippen molar-refractivity contribution in [2.45, 2.75) is 52.1 Å². The van der Waals surface area contributed by atoms with Crippen LogP contribution >= 0.6 is 0 Å². The Morgan fingerprint density at radius 1 is 1.15 bits per heavy atom. The van der Waals surface area contributed by atoms with E-state index in [-0.39, 0.29) is 5.54 Å². The van der Waals surface area contributed by atoms with Crippen LogP contribution in [0.2, 0.25) is 0 Å². The second kappa shape index (κ2) is 8.28. The zero-order valence-electron chi connectivity index (χ0n) is 13.6. The van der Waals surface area contributed by atoms with Crippen molar-refractivity contribution in [2.24, 2.45) is 0 Å². The first kappa shape index (κ1) is 17.0. The molecule has 0 aliphatic carbocycles. The molecule has 0 heterocycles. The predicted octanol–water partition coefficient (Wildman–Crippen LogP) is 2.99. The quantitative estimate of drug-likeness (QED) is 0.717. The van der Waals surface area contributed by atoms with E-state index in [1.165, 1.54) is 5.56 Å². The van der Waals surface area contributed by atoms with Gasteiger partial charge in [-0.1, -0.05) is 12.1 Å². The Bertz CT molecular complexity index is 368. The highest BCUT2D eigenvalue weighted by Gasteiger charge is 2.10. The molecule has 0 bridgehead atoms. The summed E-state index contributed by atoms with van der Waals surface area (Å²) in [4.78, 5) is 0. The van der Waals surface area contributed by atoms with Crippen LogP contribution in [-0.4, -0.2) is 31.8 Å². The molecule has 0 fully saturated rings. The number of rotatable bonds is 8. The maximum absolute atomic E-state index is 5.16. The number of aryl methyl sites for hydroxylation is 1. The summed E-state index contributed by atoms with van der Waals surface area (Å²) in [5.74, 6) is 0.925. The molecule has 0 spiro atoms. The fourth-order valence-corrected chi connectivity index (χ4v) is 1.96. The number of hydrogen-bond acceptors (Lipinski definition) is 3. The lowest BCUT2D eigenvalue weighted by Crippen LogP contribution is -2.44. The Morgan fingerprint density at radius 2 is 1.80 bits per heavy atom. The van der Waals surface area contributed by atoms with Crippen molar-refractivity contribution in [1.82, 2.24) is 10.6 Å². The summed E-state index contributed by atoms with van der Waals surface area (Å²) in [7, 11) is 1.70. The van der Waals surface area contributed by atoms with Gasteiger partial charge in [-0.05, 0) is 64.8 Å². The molecule has 20 heavy (non-hydrogen) atoms. The van der Waals surface area contributed by atoms with E-state index in [0.717, 1.165) is 31.7 Å². The van der Waals surface area contributed by atoms with Gasteiger partial charge in [0, 0.05) is 18.1 Å². The van der Waals surface area contributed by atoms with Crippen molar-refractivity contribution in [1.29, 1.82) is 0 Å². The zero-order chi connectivity index (χ0) is 15.0. The molecule has 1 rings (SSSR count). The summed E-state index contributed by atoms with van der Waals surface area (Å²) in [5.41, 5.74) is 1.56. The Morgan fingerprint density at radius 3 is 2.35 bits per heavy atom. The van der Waals surface area contributed by atoms with Crippen LogP contribution in [0.25, 0.3) is 0 Å². The van der Waals surface area contributed by atoms with Crippen molar-refractivity contribution in [3.05, 3.63) is 29.8 Å². The largest absolute Gasteiger partial charge is 0.497 e. The lowest BCUT2D eigenvalue weighted by Gasteiger charge is -2.24. The molecule has 1 unspecified atom stereocenters. The third kappa shape index (κ3) is 7.51. The van der Waals surface area contributed by atoms with Gasteiger partial charge in [-0.15, -0.1) is 0 Å². The van der Waals surface area contributed by atoms with E-state index in [9.17, 15) is 0 Å². The third-order valence-corrected chi connectivity index (χ3v) is 3.23. The first-order chi connectivity index (χ1) is 9.40. The highest BCUT2D eigenvalue weighted by Crippen LogP contribution is 2.12. The number of hydrogen-bond donors (Lipinski definition) is 2. The van der Waals surface area contributed by atoms with Gasteiger partial charge in [0.1, 0.15) is 5.75 Å². The molecule has 0 amide bonds. The van der Waals surface area contributed by atoms with Crippen LogP contribution in [0.4, 0.5) is 0 Å². The van der Waals surface area contributed by atoms with Gasteiger partial charge in [-0.2, -0.15) is 0 Å². The normalized spacial score (nSPS) is 13.2. The van der Waals surface area contributed by atoms with Crippen molar-refractivity contribution in [3.63, 3.8) is 0 Å². The van der Waals surface area contributed by atoms with Crippen molar-refractivity contribution >= 4 is 0 Å². The van der Waals surface area contributed by atoms with Gasteiger partial charge in [0.2, 0.25) is 0 Å². The van der Waals surface area contributed by atoms with E-state index in [1.54, 1.807) is 7.11 Å². The minimum Gasteiger partial charge on any atom is -0.497 e. The van der Waals surface area contributed by atoms with E-state index in [1.807, 2.05) is 12.1 Å². The van der Waals surface area contributed by atoms with Crippen LogP contribution in [0.5, 0.6) is 5.75 Å². The lowest BCUT2D eigenvalue weighted by atomic mass is 10.1. The van der Waals surface area contributed by atoms with Crippen LogP contribution < -0.4 is 15.4 Å². The summed E-state index contributed by atoms with van der Waals surface area (Å²) >= 11 is 0. The molecule has 0 saturated carbocycles. The molecule has 3 heteroatoms. The molecule has 114 valence electrons. The highest BCUT2D eigenvalue weighted by atomic mass is 16.5. The smallest absolute Gasteiger partial charge is 0.118 e. The van der Waals surface area contributed by atoms with Crippen molar-refractivity contribution in [2.75, 3.05) is 20.2 Å². The van der Waals surface area contributed by atoms with Gasteiger partial charge in [-0.25, -0.2) is 0 Å². The standard InChI is InChI=1S/C17H30N2O/c1-14(13-19-17(2,3)4)18-12-6-7-15-8-10-16(20-5)11-9-15/h8-11,14,18-19H,6-7,12-13H2,1-5H3. The van der Waals surface area contributed by atoms with E-state index < -0.39 is 0 Å². The summed E-state index contributed by atoms with van der Waals surface area (Å²) < 4.78 is 5.16. The number of benzene rings is 1. The maximum atomic E-state index is 5.16. The molecule has 1 aromatic carbocycles. The number of ether oxygens (including phenoxy) is 1. The lowest BCUT2D eigenvalue weighted by molar-refractivity contribution is 0.387. The monoisotopic (exact) mass is 278 g/mol. The average Bonchev–Trinajstić information content (AvgIpc) is 2.41. The molecule has 0 aromatic heterocycles. The van der Waals surface area contributed by atoms with Crippen LogP contribution in [0.3, 0.4) is 0 Å². The van der Waals surface area contributed by atoms with Gasteiger partial charge in [0.15, 0.2) is 0 Å². The van der Waals surface area contributed by atoms with Gasteiger partial charge >= 0.3 is 0 Å². The number of methoxy groups -OCH3 is 1. The Hall–Kier alpha value is -1.06. The van der Waals surface area contributed by atoms with Crippen LogP contribution in [0.1, 0.15) is 39.7 Å². The molecule has 3 nitrogen and oxygen atoms in total. The summed E-state index contributed by atoms with van der Waals surface area (Å²) in [6.07, 6.45) is 2.27. The molecule has 0 aliphatic heterocycles. The third-order valence-electron chi connectivity index (χ3n) is 3.23. The fourth-order valence-electron chi connectivity index (χ4n) is 1.96. The Labute approximate surface area is 124 Å². The minimum absolute atomic E-state index is 0.193. The van der Waals surface area contributed by atoms with E-state index in [4.69, 9.17) is 4.74 Å². The SMILES string of the molecule is COc1ccc(CCCNC(C)CNC(C)(C)C)cc1. The molecule has 1 aromatic rings. The molecular formula is C17H30N2O. The van der Waals surface area contributed by atoms with Gasteiger partial charge in [0.05, 0.1) is 7.11 Å². The second-order valence-electron chi connectivity index (χ2n) is 6.44. The highest BCUT2D eigenvalue weighted by molar-refractivity contribution is 5.27. The molecular weight excluding hydrogens is 248 g/mol. The molecule has 1 atom stereocenters. The van der Waals surface area contributed by atoms with Gasteiger partial charge in [-0.3, -0.25) is 0 Å². The van der Waals surface area contributed by atoms with Crippen LogP contribution in [0, 0.1) is 0 Å². The van der Waals surface area contributed by atoms with E-state index >= 15 is 0 Å².